The van der Waals surface area contributed by atoms with Gasteiger partial charge >= 0.3 is 0 Å². The molecule has 0 fully saturated rings. The maximum atomic E-state index is 6.67. The van der Waals surface area contributed by atoms with Crippen LogP contribution in [0.1, 0.15) is 30.4 Å². The van der Waals surface area contributed by atoms with Gasteiger partial charge in [-0.25, -0.2) is 0 Å². The summed E-state index contributed by atoms with van der Waals surface area (Å²) in [6.07, 6.45) is 4.18. The molecular weight excluding hydrogens is 326 g/mol. The number of halogens is 1. The van der Waals surface area contributed by atoms with E-state index in [2.05, 4.69) is 40.2 Å². The third kappa shape index (κ3) is 3.30. The van der Waals surface area contributed by atoms with Crippen LogP contribution in [0.15, 0.2) is 53.0 Å². The lowest BCUT2D eigenvalue weighted by Crippen LogP contribution is -2.41. The number of aryl methyl sites for hydroxylation is 1. The van der Waals surface area contributed by atoms with E-state index in [9.17, 15) is 0 Å². The molecule has 0 radical (unpaired) electrons. The zero-order valence-corrected chi connectivity index (χ0v) is 13.6. The zero-order chi connectivity index (χ0) is 14.7. The summed E-state index contributed by atoms with van der Waals surface area (Å²) in [6.45, 7) is 0.645. The van der Waals surface area contributed by atoms with Crippen LogP contribution in [0.25, 0.3) is 0 Å². The standard InChI is InChI=1S/C18H20BrNO/c19-15-7-9-16(10-8-15)21-13-12-18(20)11-3-5-14-4-1-2-6-17(14)18/h1-2,4,6-10H,3,5,11-13,20H2. The van der Waals surface area contributed by atoms with E-state index >= 15 is 0 Å². The predicted octanol–water partition coefficient (Wildman–Crippen LogP) is 4.41. The van der Waals surface area contributed by atoms with Crippen LogP contribution < -0.4 is 10.5 Å². The molecule has 0 aromatic heterocycles. The van der Waals surface area contributed by atoms with Crippen LogP contribution in [-0.4, -0.2) is 6.61 Å². The van der Waals surface area contributed by atoms with Gasteiger partial charge in [0.15, 0.2) is 0 Å². The maximum Gasteiger partial charge on any atom is 0.119 e. The smallest absolute Gasteiger partial charge is 0.119 e. The number of ether oxygens (including phenoxy) is 1. The Morgan fingerprint density at radius 1 is 1.10 bits per heavy atom. The van der Waals surface area contributed by atoms with E-state index < -0.39 is 0 Å². The lowest BCUT2D eigenvalue weighted by Gasteiger charge is -2.35. The van der Waals surface area contributed by atoms with Crippen molar-refractivity contribution >= 4 is 15.9 Å². The average Bonchev–Trinajstić information content (AvgIpc) is 2.50. The van der Waals surface area contributed by atoms with E-state index in [0.717, 1.165) is 35.9 Å². The van der Waals surface area contributed by atoms with Crippen LogP contribution in [-0.2, 0) is 12.0 Å². The number of rotatable bonds is 4. The Morgan fingerprint density at radius 2 is 1.86 bits per heavy atom. The molecule has 2 nitrogen and oxygen atoms in total. The number of nitrogens with two attached hydrogens (primary N) is 1. The summed E-state index contributed by atoms with van der Waals surface area (Å²) in [7, 11) is 0. The quantitative estimate of drug-likeness (QED) is 0.890. The Hall–Kier alpha value is -1.32. The molecule has 1 unspecified atom stereocenters. The molecule has 0 saturated carbocycles. The van der Waals surface area contributed by atoms with Crippen molar-refractivity contribution < 1.29 is 4.74 Å². The third-order valence-corrected chi connectivity index (χ3v) is 4.78. The van der Waals surface area contributed by atoms with Crippen LogP contribution >= 0.6 is 15.9 Å². The van der Waals surface area contributed by atoms with E-state index in [1.54, 1.807) is 0 Å². The minimum atomic E-state index is -0.246. The Labute approximate surface area is 134 Å². The van der Waals surface area contributed by atoms with Gasteiger partial charge in [-0.2, -0.15) is 0 Å². The van der Waals surface area contributed by atoms with E-state index in [1.165, 1.54) is 11.1 Å². The Bertz CT molecular complexity index is 611. The highest BCUT2D eigenvalue weighted by molar-refractivity contribution is 9.10. The summed E-state index contributed by atoms with van der Waals surface area (Å²) in [5, 5.41) is 0. The minimum absolute atomic E-state index is 0.246. The summed E-state index contributed by atoms with van der Waals surface area (Å²) >= 11 is 3.43. The molecule has 1 aliphatic rings. The van der Waals surface area contributed by atoms with Crippen molar-refractivity contribution in [2.24, 2.45) is 5.73 Å². The molecule has 2 aromatic carbocycles. The summed E-state index contributed by atoms with van der Waals surface area (Å²) in [5.74, 6) is 0.894. The highest BCUT2D eigenvalue weighted by Gasteiger charge is 2.32. The van der Waals surface area contributed by atoms with Gasteiger partial charge in [0.2, 0.25) is 0 Å². The molecule has 0 saturated heterocycles. The van der Waals surface area contributed by atoms with E-state index in [1.807, 2.05) is 24.3 Å². The molecule has 2 aromatic rings. The predicted molar refractivity (Wildman–Crippen MR) is 89.5 cm³/mol. The zero-order valence-electron chi connectivity index (χ0n) is 12.0. The van der Waals surface area contributed by atoms with Crippen molar-refractivity contribution in [3.8, 4) is 5.75 Å². The lowest BCUT2D eigenvalue weighted by atomic mass is 9.75. The van der Waals surface area contributed by atoms with Crippen LogP contribution in [0.3, 0.4) is 0 Å². The monoisotopic (exact) mass is 345 g/mol. The molecule has 0 heterocycles. The Kier molecular flexibility index (Phi) is 4.32. The van der Waals surface area contributed by atoms with Crippen molar-refractivity contribution in [2.45, 2.75) is 31.2 Å². The van der Waals surface area contributed by atoms with Gasteiger partial charge in [0.05, 0.1) is 6.61 Å². The van der Waals surface area contributed by atoms with Crippen molar-refractivity contribution in [1.29, 1.82) is 0 Å². The van der Waals surface area contributed by atoms with Gasteiger partial charge < -0.3 is 10.5 Å². The topological polar surface area (TPSA) is 35.2 Å². The molecular formula is C18H20BrNO. The van der Waals surface area contributed by atoms with Gasteiger partial charge in [0, 0.05) is 16.4 Å². The average molecular weight is 346 g/mol. The fourth-order valence-corrected chi connectivity index (χ4v) is 3.36. The summed E-state index contributed by atoms with van der Waals surface area (Å²) in [4.78, 5) is 0. The highest BCUT2D eigenvalue weighted by Crippen LogP contribution is 2.35. The molecule has 3 heteroatoms. The van der Waals surface area contributed by atoms with Crippen molar-refractivity contribution in [3.05, 3.63) is 64.1 Å². The minimum Gasteiger partial charge on any atom is -0.494 e. The largest absolute Gasteiger partial charge is 0.494 e. The van der Waals surface area contributed by atoms with Gasteiger partial charge in [-0.05, 0) is 54.7 Å². The normalized spacial score (nSPS) is 20.9. The molecule has 1 atom stereocenters. The lowest BCUT2D eigenvalue weighted by molar-refractivity contribution is 0.240. The van der Waals surface area contributed by atoms with Gasteiger partial charge in [-0.3, -0.25) is 0 Å². The van der Waals surface area contributed by atoms with Crippen molar-refractivity contribution in [2.75, 3.05) is 6.61 Å². The summed E-state index contributed by atoms with van der Waals surface area (Å²) in [6, 6.07) is 16.5. The molecule has 1 aliphatic carbocycles. The number of fused-ring (bicyclic) bond motifs is 1. The maximum absolute atomic E-state index is 6.67. The van der Waals surface area contributed by atoms with Gasteiger partial charge in [0.25, 0.3) is 0 Å². The van der Waals surface area contributed by atoms with E-state index in [4.69, 9.17) is 10.5 Å². The molecule has 110 valence electrons. The first kappa shape index (κ1) is 14.6. The van der Waals surface area contributed by atoms with Gasteiger partial charge in [0.1, 0.15) is 5.75 Å². The van der Waals surface area contributed by atoms with Crippen LogP contribution in [0.5, 0.6) is 5.75 Å². The third-order valence-electron chi connectivity index (χ3n) is 4.25. The first-order valence-corrected chi connectivity index (χ1v) is 8.22. The number of hydrogen-bond acceptors (Lipinski definition) is 2. The summed E-state index contributed by atoms with van der Waals surface area (Å²) in [5.41, 5.74) is 9.13. The fraction of sp³-hybridized carbons (Fsp3) is 0.333. The molecule has 3 rings (SSSR count). The highest BCUT2D eigenvalue weighted by atomic mass is 79.9. The van der Waals surface area contributed by atoms with E-state index in [-0.39, 0.29) is 5.54 Å². The Morgan fingerprint density at radius 3 is 2.67 bits per heavy atom. The van der Waals surface area contributed by atoms with Crippen LogP contribution in [0, 0.1) is 0 Å². The van der Waals surface area contributed by atoms with Gasteiger partial charge in [-0.15, -0.1) is 0 Å². The molecule has 0 spiro atoms. The second-order valence-corrected chi connectivity index (χ2v) is 6.63. The van der Waals surface area contributed by atoms with E-state index in [0.29, 0.717) is 6.61 Å². The first-order chi connectivity index (χ1) is 10.2. The molecule has 0 amide bonds. The molecule has 21 heavy (non-hydrogen) atoms. The first-order valence-electron chi connectivity index (χ1n) is 7.43. The van der Waals surface area contributed by atoms with Crippen LogP contribution in [0.4, 0.5) is 0 Å². The van der Waals surface area contributed by atoms with Crippen LogP contribution in [0.2, 0.25) is 0 Å². The van der Waals surface area contributed by atoms with Gasteiger partial charge in [-0.1, -0.05) is 40.2 Å². The molecule has 0 aliphatic heterocycles. The fourth-order valence-electron chi connectivity index (χ4n) is 3.09. The molecule has 0 bridgehead atoms. The number of benzene rings is 2. The Balaban J connectivity index is 1.66. The second-order valence-electron chi connectivity index (χ2n) is 5.72. The second kappa shape index (κ2) is 6.20. The summed E-state index contributed by atoms with van der Waals surface area (Å²) < 4.78 is 6.90. The SMILES string of the molecule is NC1(CCOc2ccc(Br)cc2)CCCc2ccccc21. The number of hydrogen-bond donors (Lipinski definition) is 1. The molecule has 2 N–H and O–H groups in total. The van der Waals surface area contributed by atoms with Crippen molar-refractivity contribution in [1.82, 2.24) is 0 Å². The van der Waals surface area contributed by atoms with Crippen molar-refractivity contribution in [3.63, 3.8) is 0 Å².